The van der Waals surface area contributed by atoms with Crippen molar-refractivity contribution in [2.24, 2.45) is 0 Å². The van der Waals surface area contributed by atoms with Gasteiger partial charge in [-0.25, -0.2) is 13.8 Å². The predicted molar refractivity (Wildman–Crippen MR) is 108 cm³/mol. The number of benzene rings is 1. The molecule has 0 saturated carbocycles. The molecule has 6 nitrogen and oxygen atoms in total. The Balaban J connectivity index is 2.29. The van der Waals surface area contributed by atoms with Crippen LogP contribution >= 0.6 is 11.3 Å². The van der Waals surface area contributed by atoms with Gasteiger partial charge in [-0.05, 0) is 37.5 Å². The summed E-state index contributed by atoms with van der Waals surface area (Å²) >= 11 is 1.24. The van der Waals surface area contributed by atoms with E-state index in [9.17, 15) is 23.5 Å². The molecule has 1 heterocycles. The fourth-order valence-electron chi connectivity index (χ4n) is 3.03. The SMILES string of the molecule is CCCC(NC(=O)C(c1cc(F)cc(F)c1)C(C)(O)CC)C(=O)Nc1nccs1. The summed E-state index contributed by atoms with van der Waals surface area (Å²) in [6.45, 7) is 4.94. The van der Waals surface area contributed by atoms with Crippen molar-refractivity contribution >= 4 is 28.3 Å². The predicted octanol–water partition coefficient (Wildman–Crippen LogP) is 3.59. The molecule has 0 aliphatic heterocycles. The van der Waals surface area contributed by atoms with Crippen LogP contribution < -0.4 is 10.6 Å². The monoisotopic (exact) mass is 425 g/mol. The average Bonchev–Trinajstić information content (AvgIpc) is 3.13. The fourth-order valence-corrected chi connectivity index (χ4v) is 3.56. The number of rotatable bonds is 9. The molecule has 3 atom stereocenters. The molecule has 158 valence electrons. The molecule has 3 N–H and O–H groups in total. The van der Waals surface area contributed by atoms with Gasteiger partial charge in [0.05, 0.1) is 11.5 Å². The van der Waals surface area contributed by atoms with Crippen molar-refractivity contribution in [1.82, 2.24) is 10.3 Å². The highest BCUT2D eigenvalue weighted by Crippen LogP contribution is 2.32. The number of anilines is 1. The van der Waals surface area contributed by atoms with Crippen molar-refractivity contribution < 1.29 is 23.5 Å². The number of carbonyl (C=O) groups excluding carboxylic acids is 2. The summed E-state index contributed by atoms with van der Waals surface area (Å²) in [7, 11) is 0. The van der Waals surface area contributed by atoms with Gasteiger partial charge in [-0.3, -0.25) is 9.59 Å². The zero-order valence-electron chi connectivity index (χ0n) is 16.5. The number of carbonyl (C=O) groups is 2. The van der Waals surface area contributed by atoms with Gasteiger partial charge in [-0.15, -0.1) is 11.3 Å². The minimum absolute atomic E-state index is 0.00225. The topological polar surface area (TPSA) is 91.3 Å². The maximum Gasteiger partial charge on any atom is 0.248 e. The molecular formula is C20H25F2N3O3S. The third kappa shape index (κ3) is 6.04. The van der Waals surface area contributed by atoms with Crippen LogP contribution in [0.4, 0.5) is 13.9 Å². The lowest BCUT2D eigenvalue weighted by Crippen LogP contribution is -2.50. The second-order valence-corrected chi connectivity index (χ2v) is 7.92. The first-order valence-electron chi connectivity index (χ1n) is 9.37. The van der Waals surface area contributed by atoms with Crippen LogP contribution in [0.5, 0.6) is 0 Å². The molecule has 1 aromatic heterocycles. The summed E-state index contributed by atoms with van der Waals surface area (Å²) < 4.78 is 27.5. The van der Waals surface area contributed by atoms with Crippen LogP contribution in [0.2, 0.25) is 0 Å². The molecule has 29 heavy (non-hydrogen) atoms. The number of aliphatic hydroxyl groups is 1. The van der Waals surface area contributed by atoms with Crippen LogP contribution in [0, 0.1) is 11.6 Å². The Morgan fingerprint density at radius 1 is 1.21 bits per heavy atom. The van der Waals surface area contributed by atoms with Gasteiger partial charge in [0, 0.05) is 17.6 Å². The second-order valence-electron chi connectivity index (χ2n) is 7.02. The second kappa shape index (κ2) is 9.89. The van der Waals surface area contributed by atoms with Gasteiger partial charge in [-0.2, -0.15) is 0 Å². The van der Waals surface area contributed by atoms with Crippen LogP contribution in [-0.2, 0) is 9.59 Å². The zero-order valence-corrected chi connectivity index (χ0v) is 17.4. The minimum atomic E-state index is -1.58. The van der Waals surface area contributed by atoms with E-state index in [0.29, 0.717) is 24.0 Å². The van der Waals surface area contributed by atoms with Crippen molar-refractivity contribution in [3.8, 4) is 0 Å². The van der Waals surface area contributed by atoms with Gasteiger partial charge < -0.3 is 15.7 Å². The van der Waals surface area contributed by atoms with E-state index in [0.717, 1.165) is 12.1 Å². The molecule has 0 bridgehead atoms. The standard InChI is InChI=1S/C20H25F2N3O3S/c1-4-6-15(17(26)25-19-23-7-8-29-19)24-18(27)16(20(3,28)5-2)12-9-13(21)11-14(22)10-12/h7-11,15-16,28H,4-6H2,1-3H3,(H,24,27)(H,23,25,26). The molecule has 2 rings (SSSR count). The van der Waals surface area contributed by atoms with Crippen molar-refractivity contribution in [2.75, 3.05) is 5.32 Å². The maximum atomic E-state index is 13.7. The number of amides is 2. The van der Waals surface area contributed by atoms with Crippen LogP contribution in [0.15, 0.2) is 29.8 Å². The van der Waals surface area contributed by atoms with Crippen LogP contribution in [-0.4, -0.2) is 33.5 Å². The normalized spacial score (nSPS) is 15.2. The van der Waals surface area contributed by atoms with Crippen LogP contribution in [0.25, 0.3) is 0 Å². The molecule has 3 unspecified atom stereocenters. The van der Waals surface area contributed by atoms with E-state index < -0.39 is 41.0 Å². The summed E-state index contributed by atoms with van der Waals surface area (Å²) in [6.07, 6.45) is 2.66. The van der Waals surface area contributed by atoms with E-state index in [-0.39, 0.29) is 12.0 Å². The summed E-state index contributed by atoms with van der Waals surface area (Å²) in [4.78, 5) is 29.6. The Hall–Kier alpha value is -2.39. The first kappa shape index (κ1) is 22.9. The van der Waals surface area contributed by atoms with Crippen LogP contribution in [0.3, 0.4) is 0 Å². The van der Waals surface area contributed by atoms with Gasteiger partial charge in [0.2, 0.25) is 11.8 Å². The first-order chi connectivity index (χ1) is 13.7. The molecule has 0 radical (unpaired) electrons. The van der Waals surface area contributed by atoms with Gasteiger partial charge in [0.25, 0.3) is 0 Å². The third-order valence-electron chi connectivity index (χ3n) is 4.69. The largest absolute Gasteiger partial charge is 0.389 e. The minimum Gasteiger partial charge on any atom is -0.389 e. The lowest BCUT2D eigenvalue weighted by atomic mass is 9.80. The fraction of sp³-hybridized carbons (Fsp3) is 0.450. The maximum absolute atomic E-state index is 13.7. The van der Waals surface area contributed by atoms with Gasteiger partial charge in [-0.1, -0.05) is 20.3 Å². The van der Waals surface area contributed by atoms with Crippen molar-refractivity contribution in [2.45, 2.75) is 57.6 Å². The highest BCUT2D eigenvalue weighted by atomic mass is 32.1. The third-order valence-corrected chi connectivity index (χ3v) is 5.38. The average molecular weight is 426 g/mol. The van der Waals surface area contributed by atoms with E-state index in [4.69, 9.17) is 0 Å². The lowest BCUT2D eigenvalue weighted by molar-refractivity contribution is -0.132. The Kier molecular flexibility index (Phi) is 7.80. The molecule has 0 aliphatic carbocycles. The summed E-state index contributed by atoms with van der Waals surface area (Å²) in [5.74, 6) is -4.09. The highest BCUT2D eigenvalue weighted by molar-refractivity contribution is 7.13. The van der Waals surface area contributed by atoms with Crippen molar-refractivity contribution in [3.05, 3.63) is 47.0 Å². The highest BCUT2D eigenvalue weighted by Gasteiger charge is 2.39. The molecule has 0 aliphatic rings. The quantitative estimate of drug-likeness (QED) is 0.573. The Labute approximate surface area is 172 Å². The van der Waals surface area contributed by atoms with Crippen molar-refractivity contribution in [1.29, 1.82) is 0 Å². The van der Waals surface area contributed by atoms with E-state index in [1.165, 1.54) is 18.3 Å². The number of hydrogen-bond acceptors (Lipinski definition) is 5. The molecule has 1 aromatic carbocycles. The summed E-state index contributed by atoms with van der Waals surface area (Å²) in [6, 6.07) is 1.84. The number of nitrogens with one attached hydrogen (secondary N) is 2. The molecule has 0 spiro atoms. The van der Waals surface area contributed by atoms with E-state index in [2.05, 4.69) is 15.6 Å². The summed E-state index contributed by atoms with van der Waals surface area (Å²) in [5.41, 5.74) is -1.57. The van der Waals surface area contributed by atoms with Gasteiger partial charge in [0.15, 0.2) is 5.13 Å². The zero-order chi connectivity index (χ0) is 21.6. The number of thiazole rings is 1. The Bertz CT molecular complexity index is 823. The van der Waals surface area contributed by atoms with Crippen LogP contribution in [0.1, 0.15) is 51.5 Å². The molecule has 0 fully saturated rings. The van der Waals surface area contributed by atoms with E-state index in [1.807, 2.05) is 6.92 Å². The number of hydrogen-bond donors (Lipinski definition) is 3. The van der Waals surface area contributed by atoms with E-state index in [1.54, 1.807) is 18.5 Å². The number of aromatic nitrogens is 1. The number of nitrogens with zero attached hydrogens (tertiary/aromatic N) is 1. The molecule has 2 aromatic rings. The molecular weight excluding hydrogens is 400 g/mol. The lowest BCUT2D eigenvalue weighted by Gasteiger charge is -2.32. The van der Waals surface area contributed by atoms with Crippen molar-refractivity contribution in [3.63, 3.8) is 0 Å². The Morgan fingerprint density at radius 3 is 2.38 bits per heavy atom. The summed E-state index contributed by atoms with van der Waals surface area (Å²) in [5, 5.41) is 18.1. The van der Waals surface area contributed by atoms with Gasteiger partial charge >= 0.3 is 0 Å². The molecule has 0 saturated heterocycles. The Morgan fingerprint density at radius 2 is 1.86 bits per heavy atom. The first-order valence-corrected chi connectivity index (χ1v) is 10.2. The number of halogens is 2. The molecule has 9 heteroatoms. The molecule has 2 amide bonds. The van der Waals surface area contributed by atoms with Gasteiger partial charge in [0.1, 0.15) is 17.7 Å². The smallest absolute Gasteiger partial charge is 0.248 e. The van der Waals surface area contributed by atoms with E-state index >= 15 is 0 Å².